The molecule has 5 rings (SSSR count). The molecule has 0 radical (unpaired) electrons. The van der Waals surface area contributed by atoms with E-state index in [-0.39, 0.29) is 21.4 Å². The summed E-state index contributed by atoms with van der Waals surface area (Å²) in [4.78, 5) is 10.6. The summed E-state index contributed by atoms with van der Waals surface area (Å²) in [5.41, 5.74) is 7.25. The summed E-state index contributed by atoms with van der Waals surface area (Å²) in [5.74, 6) is 0. The summed E-state index contributed by atoms with van der Waals surface area (Å²) in [6, 6.07) is 6.80. The van der Waals surface area contributed by atoms with Crippen molar-refractivity contribution in [1.29, 1.82) is 0 Å². The van der Waals surface area contributed by atoms with Gasteiger partial charge in [-0.3, -0.25) is 10.1 Å². The standard InChI is InChI=1S/C24H19NO2/c1-23-18-4-3-5-19(23)9-11-21-15-17(14-20(10-8-18)24(21,23)2)16-6-12-22(13-7-16)25(26)27/h3-15H,1-2H3. The Balaban J connectivity index is 1.69. The van der Waals surface area contributed by atoms with E-state index in [1.807, 2.05) is 12.1 Å². The Hall–Kier alpha value is -3.20. The van der Waals surface area contributed by atoms with Crippen LogP contribution in [0.1, 0.15) is 19.4 Å². The van der Waals surface area contributed by atoms with Crippen molar-refractivity contribution in [3.63, 3.8) is 0 Å². The summed E-state index contributed by atoms with van der Waals surface area (Å²) in [6.07, 6.45) is 19.9. The molecule has 132 valence electrons. The molecule has 0 saturated heterocycles. The van der Waals surface area contributed by atoms with Gasteiger partial charge < -0.3 is 0 Å². The van der Waals surface area contributed by atoms with Crippen LogP contribution >= 0.6 is 0 Å². The SMILES string of the molecule is CC12C3=CC=CC1=CC=C1C=C(c4ccc([N+](=O)[O-])cc4)C=C(C=C3)C12C. The number of nitro benzene ring substituents is 1. The second-order valence-electron chi connectivity index (χ2n) is 7.81. The molecule has 4 aliphatic rings. The highest BCUT2D eigenvalue weighted by Gasteiger charge is 2.55. The van der Waals surface area contributed by atoms with E-state index >= 15 is 0 Å². The van der Waals surface area contributed by atoms with E-state index in [4.69, 9.17) is 0 Å². The van der Waals surface area contributed by atoms with E-state index in [0.29, 0.717) is 0 Å². The third kappa shape index (κ3) is 1.91. The second-order valence-corrected chi connectivity index (χ2v) is 7.81. The fraction of sp³-hybridized carbons (Fsp3) is 0.167. The van der Waals surface area contributed by atoms with E-state index < -0.39 is 0 Å². The zero-order chi connectivity index (χ0) is 18.8. The van der Waals surface area contributed by atoms with E-state index in [1.165, 1.54) is 22.3 Å². The fourth-order valence-electron chi connectivity index (χ4n) is 4.92. The Labute approximate surface area is 158 Å². The molecule has 0 N–H and O–H groups in total. The van der Waals surface area contributed by atoms with Crippen LogP contribution in [0.5, 0.6) is 0 Å². The molecule has 0 fully saturated rings. The van der Waals surface area contributed by atoms with E-state index in [2.05, 4.69) is 68.5 Å². The minimum atomic E-state index is -0.361. The number of allylic oxidation sites excluding steroid dienone is 14. The lowest BCUT2D eigenvalue weighted by Crippen LogP contribution is -2.47. The Morgan fingerprint density at radius 1 is 0.778 bits per heavy atom. The maximum absolute atomic E-state index is 10.9. The molecule has 2 unspecified atom stereocenters. The van der Waals surface area contributed by atoms with Crippen LogP contribution in [0.25, 0.3) is 5.57 Å². The lowest BCUT2D eigenvalue weighted by molar-refractivity contribution is -0.384. The largest absolute Gasteiger partial charge is 0.269 e. The number of nitrogens with zero attached hydrogens (tertiary/aromatic N) is 1. The van der Waals surface area contributed by atoms with Crippen LogP contribution in [0.2, 0.25) is 0 Å². The molecule has 0 saturated carbocycles. The molecule has 0 amide bonds. The van der Waals surface area contributed by atoms with Crippen LogP contribution in [0.15, 0.2) is 101 Å². The van der Waals surface area contributed by atoms with Crippen LogP contribution in [0.4, 0.5) is 5.69 Å². The minimum absolute atomic E-state index is 0.0794. The molecule has 0 aliphatic heterocycles. The van der Waals surface area contributed by atoms with Gasteiger partial charge in [0.15, 0.2) is 0 Å². The molecule has 1 aromatic carbocycles. The van der Waals surface area contributed by atoms with Crippen molar-refractivity contribution in [1.82, 2.24) is 0 Å². The van der Waals surface area contributed by atoms with Gasteiger partial charge in [0.2, 0.25) is 0 Å². The zero-order valence-electron chi connectivity index (χ0n) is 15.3. The third-order valence-electron chi connectivity index (χ3n) is 6.78. The van der Waals surface area contributed by atoms with Crippen LogP contribution in [0.3, 0.4) is 0 Å². The van der Waals surface area contributed by atoms with Gasteiger partial charge in [0, 0.05) is 23.0 Å². The molecule has 4 aliphatic carbocycles. The smallest absolute Gasteiger partial charge is 0.258 e. The van der Waals surface area contributed by atoms with E-state index in [9.17, 15) is 10.1 Å². The van der Waals surface area contributed by atoms with Gasteiger partial charge in [0.25, 0.3) is 5.69 Å². The van der Waals surface area contributed by atoms with Crippen LogP contribution < -0.4 is 0 Å². The van der Waals surface area contributed by atoms with Gasteiger partial charge in [-0.2, -0.15) is 0 Å². The number of nitro groups is 1. The molecule has 1 aromatic rings. The first kappa shape index (κ1) is 16.0. The Bertz CT molecular complexity index is 1110. The maximum Gasteiger partial charge on any atom is 0.269 e. The number of benzene rings is 1. The van der Waals surface area contributed by atoms with Crippen molar-refractivity contribution in [2.24, 2.45) is 10.8 Å². The maximum atomic E-state index is 10.9. The van der Waals surface area contributed by atoms with Crippen molar-refractivity contribution in [2.45, 2.75) is 13.8 Å². The fourth-order valence-corrected chi connectivity index (χ4v) is 4.92. The quantitative estimate of drug-likeness (QED) is 0.493. The molecular formula is C24H19NO2. The predicted molar refractivity (Wildman–Crippen MR) is 108 cm³/mol. The van der Waals surface area contributed by atoms with Gasteiger partial charge in [-0.25, -0.2) is 0 Å². The lowest BCUT2D eigenvalue weighted by atomic mass is 9.46. The van der Waals surface area contributed by atoms with Gasteiger partial charge in [-0.15, -0.1) is 0 Å². The number of non-ortho nitro benzene ring substituents is 1. The first-order chi connectivity index (χ1) is 12.9. The monoisotopic (exact) mass is 353 g/mol. The van der Waals surface area contributed by atoms with E-state index in [1.54, 1.807) is 12.1 Å². The van der Waals surface area contributed by atoms with Crippen molar-refractivity contribution >= 4 is 11.3 Å². The normalized spacial score (nSPS) is 29.8. The van der Waals surface area contributed by atoms with Gasteiger partial charge in [-0.1, -0.05) is 68.5 Å². The molecule has 27 heavy (non-hydrogen) atoms. The number of hydrogen-bond acceptors (Lipinski definition) is 2. The molecular weight excluding hydrogens is 334 g/mol. The first-order valence-corrected chi connectivity index (χ1v) is 9.13. The van der Waals surface area contributed by atoms with Crippen LogP contribution in [0, 0.1) is 20.9 Å². The Kier molecular flexibility index (Phi) is 3.06. The van der Waals surface area contributed by atoms with Crippen molar-refractivity contribution in [3.05, 3.63) is 117 Å². The first-order valence-electron chi connectivity index (χ1n) is 9.13. The molecule has 2 atom stereocenters. The van der Waals surface area contributed by atoms with Gasteiger partial charge in [0.1, 0.15) is 0 Å². The summed E-state index contributed by atoms with van der Waals surface area (Å²) in [7, 11) is 0. The van der Waals surface area contributed by atoms with Gasteiger partial charge in [0.05, 0.1) is 4.92 Å². The minimum Gasteiger partial charge on any atom is -0.258 e. The summed E-state index contributed by atoms with van der Waals surface area (Å²) in [5, 5.41) is 10.9. The van der Waals surface area contributed by atoms with Gasteiger partial charge >= 0.3 is 0 Å². The lowest BCUT2D eigenvalue weighted by Gasteiger charge is -2.56. The number of rotatable bonds is 2. The summed E-state index contributed by atoms with van der Waals surface area (Å²) >= 11 is 0. The molecule has 0 spiro atoms. The highest BCUT2D eigenvalue weighted by Crippen LogP contribution is 2.65. The average Bonchev–Trinajstić information content (AvgIpc) is 2.66. The molecule has 3 nitrogen and oxygen atoms in total. The van der Waals surface area contributed by atoms with E-state index in [0.717, 1.165) is 11.1 Å². The average molecular weight is 353 g/mol. The van der Waals surface area contributed by atoms with Crippen molar-refractivity contribution in [2.75, 3.05) is 0 Å². The zero-order valence-corrected chi connectivity index (χ0v) is 15.3. The number of hydrogen-bond donors (Lipinski definition) is 0. The molecule has 0 bridgehead atoms. The molecule has 0 heterocycles. The second kappa shape index (κ2) is 5.17. The van der Waals surface area contributed by atoms with Crippen LogP contribution in [-0.4, -0.2) is 4.92 Å². The van der Waals surface area contributed by atoms with Crippen molar-refractivity contribution < 1.29 is 4.92 Å². The molecule has 0 aromatic heterocycles. The molecule has 3 heteroatoms. The Morgan fingerprint density at radius 3 is 2.15 bits per heavy atom. The van der Waals surface area contributed by atoms with Gasteiger partial charge in [-0.05, 0) is 45.6 Å². The predicted octanol–water partition coefficient (Wildman–Crippen LogP) is 5.86. The topological polar surface area (TPSA) is 43.1 Å². The van der Waals surface area contributed by atoms with Crippen LogP contribution in [-0.2, 0) is 0 Å². The third-order valence-corrected chi connectivity index (χ3v) is 6.78. The summed E-state index contributed by atoms with van der Waals surface area (Å²) < 4.78 is 0. The highest BCUT2D eigenvalue weighted by molar-refractivity contribution is 5.83. The Morgan fingerprint density at radius 2 is 1.41 bits per heavy atom. The summed E-state index contributed by atoms with van der Waals surface area (Å²) in [6.45, 7) is 4.67. The van der Waals surface area contributed by atoms with Crippen molar-refractivity contribution in [3.8, 4) is 0 Å². The highest BCUT2D eigenvalue weighted by atomic mass is 16.6.